The molecule has 0 unspecified atom stereocenters. The molecule has 0 N–H and O–H groups in total. The minimum atomic E-state index is -0.714. The van der Waals surface area contributed by atoms with Gasteiger partial charge in [-0.1, -0.05) is 24.3 Å². The van der Waals surface area contributed by atoms with Crippen molar-refractivity contribution in [3.63, 3.8) is 0 Å². The van der Waals surface area contributed by atoms with Crippen molar-refractivity contribution in [2.75, 3.05) is 14.1 Å². The third-order valence-corrected chi connectivity index (χ3v) is 5.20. The molecule has 5 nitrogen and oxygen atoms in total. The number of hydrogen-bond donors (Lipinski definition) is 0. The highest BCUT2D eigenvalue weighted by Gasteiger charge is 2.15. The molecule has 30 heavy (non-hydrogen) atoms. The number of aryl methyl sites for hydroxylation is 1. The Hall–Kier alpha value is -2.58. The summed E-state index contributed by atoms with van der Waals surface area (Å²) in [4.78, 5) is 19.2. The van der Waals surface area contributed by atoms with Crippen molar-refractivity contribution in [3.05, 3.63) is 91.4 Å². The van der Waals surface area contributed by atoms with Crippen molar-refractivity contribution >= 4 is 15.9 Å². The zero-order valence-corrected chi connectivity index (χ0v) is 18.5. The van der Waals surface area contributed by atoms with Crippen LogP contribution in [0.3, 0.4) is 0 Å². The van der Waals surface area contributed by atoms with Gasteiger partial charge in [0, 0.05) is 18.2 Å². The second-order valence-corrected chi connectivity index (χ2v) is 8.04. The zero-order chi connectivity index (χ0) is 21.8. The normalized spacial score (nSPS) is 11.2. The summed E-state index contributed by atoms with van der Waals surface area (Å²) in [6.07, 6.45) is 0. The maximum atomic E-state index is 13.8. The van der Waals surface area contributed by atoms with Crippen LogP contribution in [0.15, 0.2) is 51.7 Å². The second kappa shape index (κ2) is 9.49. The first-order chi connectivity index (χ1) is 14.2. The van der Waals surface area contributed by atoms with E-state index < -0.39 is 11.6 Å². The minimum Gasteiger partial charge on any atom is -0.472 e. The van der Waals surface area contributed by atoms with E-state index >= 15 is 0 Å². The smallest absolute Gasteiger partial charge is 0.272 e. The summed E-state index contributed by atoms with van der Waals surface area (Å²) in [5, 5.41) is 0. The van der Waals surface area contributed by atoms with Gasteiger partial charge in [-0.05, 0) is 60.2 Å². The fourth-order valence-electron chi connectivity index (χ4n) is 2.98. The molecule has 1 aromatic heterocycles. The van der Waals surface area contributed by atoms with Crippen LogP contribution in [0.1, 0.15) is 22.5 Å². The SMILES string of the molecule is Cc1nc(OCc2ccc(F)cc2F)c(Br)c(=O)n1Cc1ccc(CN(C)C)cc1. The van der Waals surface area contributed by atoms with Gasteiger partial charge in [-0.2, -0.15) is 4.98 Å². The van der Waals surface area contributed by atoms with E-state index in [0.29, 0.717) is 12.4 Å². The number of halogens is 3. The average Bonchev–Trinajstić information content (AvgIpc) is 2.69. The number of aromatic nitrogens is 2. The van der Waals surface area contributed by atoms with Crippen LogP contribution in [0, 0.1) is 18.6 Å². The summed E-state index contributed by atoms with van der Waals surface area (Å²) in [6, 6.07) is 11.3. The number of hydrogen-bond acceptors (Lipinski definition) is 4. The average molecular weight is 478 g/mol. The molecule has 0 saturated carbocycles. The molecule has 0 aliphatic rings. The molecule has 0 aliphatic carbocycles. The Morgan fingerprint density at radius 2 is 1.77 bits per heavy atom. The van der Waals surface area contributed by atoms with Gasteiger partial charge in [-0.3, -0.25) is 9.36 Å². The lowest BCUT2D eigenvalue weighted by Gasteiger charge is -2.14. The summed E-state index contributed by atoms with van der Waals surface area (Å²) in [5.74, 6) is -0.841. The molecule has 3 aromatic rings. The van der Waals surface area contributed by atoms with Gasteiger partial charge in [0.25, 0.3) is 5.56 Å². The van der Waals surface area contributed by atoms with Crippen molar-refractivity contribution in [1.82, 2.24) is 14.5 Å². The number of benzene rings is 2. The number of nitrogens with zero attached hydrogens (tertiary/aromatic N) is 3. The van der Waals surface area contributed by atoms with E-state index in [2.05, 4.69) is 25.8 Å². The van der Waals surface area contributed by atoms with E-state index in [1.807, 2.05) is 38.4 Å². The Bertz CT molecular complexity index is 1100. The Balaban J connectivity index is 1.78. The maximum absolute atomic E-state index is 13.8. The second-order valence-electron chi connectivity index (χ2n) is 7.25. The van der Waals surface area contributed by atoms with E-state index in [9.17, 15) is 13.6 Å². The summed E-state index contributed by atoms with van der Waals surface area (Å²) < 4.78 is 34.0. The molecule has 0 spiro atoms. The summed E-state index contributed by atoms with van der Waals surface area (Å²) >= 11 is 3.24. The predicted octanol–water partition coefficient (Wildman–Crippen LogP) is 4.28. The standard InChI is InChI=1S/C22H22BrF2N3O2/c1-14-26-21(30-13-17-8-9-18(24)10-19(17)25)20(23)22(29)28(14)12-16-6-4-15(5-7-16)11-27(2)3/h4-10H,11-13H2,1-3H3. The van der Waals surface area contributed by atoms with Crippen LogP contribution < -0.4 is 10.3 Å². The lowest BCUT2D eigenvalue weighted by Crippen LogP contribution is -2.25. The Labute approximate surface area is 182 Å². The highest BCUT2D eigenvalue weighted by molar-refractivity contribution is 9.10. The molecule has 8 heteroatoms. The van der Waals surface area contributed by atoms with E-state index in [1.165, 1.54) is 16.2 Å². The molecular formula is C22H22BrF2N3O2. The quantitative estimate of drug-likeness (QED) is 0.509. The molecule has 158 valence electrons. The van der Waals surface area contributed by atoms with Gasteiger partial charge >= 0.3 is 0 Å². The van der Waals surface area contributed by atoms with Crippen LogP contribution in [-0.4, -0.2) is 28.5 Å². The van der Waals surface area contributed by atoms with Gasteiger partial charge in [0.05, 0.1) is 6.54 Å². The monoisotopic (exact) mass is 477 g/mol. The van der Waals surface area contributed by atoms with Crippen molar-refractivity contribution in [2.24, 2.45) is 0 Å². The Morgan fingerprint density at radius 1 is 1.10 bits per heavy atom. The molecule has 0 aliphatic heterocycles. The molecule has 3 rings (SSSR count). The third kappa shape index (κ3) is 5.31. The van der Waals surface area contributed by atoms with Gasteiger partial charge in [-0.15, -0.1) is 0 Å². The van der Waals surface area contributed by atoms with Gasteiger partial charge in [0.2, 0.25) is 5.88 Å². The molecule has 0 saturated heterocycles. The lowest BCUT2D eigenvalue weighted by molar-refractivity contribution is 0.282. The largest absolute Gasteiger partial charge is 0.472 e. The molecule has 2 aromatic carbocycles. The van der Waals surface area contributed by atoms with E-state index in [4.69, 9.17) is 4.74 Å². The van der Waals surface area contributed by atoms with Gasteiger partial charge < -0.3 is 9.64 Å². The lowest BCUT2D eigenvalue weighted by atomic mass is 10.1. The first kappa shape index (κ1) is 22.1. The molecule has 1 heterocycles. The molecule has 0 bridgehead atoms. The molecule has 0 atom stereocenters. The van der Waals surface area contributed by atoms with Crippen LogP contribution in [0.25, 0.3) is 0 Å². The van der Waals surface area contributed by atoms with Crippen molar-refractivity contribution < 1.29 is 13.5 Å². The Kier molecular flexibility index (Phi) is 6.99. The molecule has 0 radical (unpaired) electrons. The summed E-state index contributed by atoms with van der Waals surface area (Å²) in [6.45, 7) is 2.74. The van der Waals surface area contributed by atoms with Crippen LogP contribution in [-0.2, 0) is 19.7 Å². The molecular weight excluding hydrogens is 456 g/mol. The number of ether oxygens (including phenoxy) is 1. The van der Waals surface area contributed by atoms with Gasteiger partial charge in [0.1, 0.15) is 28.5 Å². The molecule has 0 amide bonds. The van der Waals surface area contributed by atoms with Crippen LogP contribution in [0.2, 0.25) is 0 Å². The van der Waals surface area contributed by atoms with Crippen LogP contribution >= 0.6 is 15.9 Å². The van der Waals surface area contributed by atoms with Crippen LogP contribution in [0.4, 0.5) is 8.78 Å². The first-order valence-electron chi connectivity index (χ1n) is 9.31. The predicted molar refractivity (Wildman–Crippen MR) is 115 cm³/mol. The van der Waals surface area contributed by atoms with Crippen molar-refractivity contribution in [1.29, 1.82) is 0 Å². The van der Waals surface area contributed by atoms with E-state index in [1.54, 1.807) is 6.92 Å². The van der Waals surface area contributed by atoms with Gasteiger partial charge in [-0.25, -0.2) is 8.78 Å². The topological polar surface area (TPSA) is 47.4 Å². The highest BCUT2D eigenvalue weighted by atomic mass is 79.9. The Morgan fingerprint density at radius 3 is 2.40 bits per heavy atom. The van der Waals surface area contributed by atoms with Crippen molar-refractivity contribution in [2.45, 2.75) is 26.6 Å². The fraction of sp³-hybridized carbons (Fsp3) is 0.273. The molecule has 0 fully saturated rings. The van der Waals surface area contributed by atoms with E-state index in [-0.39, 0.29) is 28.1 Å². The zero-order valence-electron chi connectivity index (χ0n) is 17.0. The van der Waals surface area contributed by atoms with Gasteiger partial charge in [0.15, 0.2) is 0 Å². The fourth-order valence-corrected chi connectivity index (χ4v) is 3.39. The highest BCUT2D eigenvalue weighted by Crippen LogP contribution is 2.21. The first-order valence-corrected chi connectivity index (χ1v) is 10.1. The summed E-state index contributed by atoms with van der Waals surface area (Å²) in [7, 11) is 4.02. The minimum absolute atomic E-state index is 0.0683. The van der Waals surface area contributed by atoms with Crippen LogP contribution in [0.5, 0.6) is 5.88 Å². The van der Waals surface area contributed by atoms with E-state index in [0.717, 1.165) is 24.2 Å². The maximum Gasteiger partial charge on any atom is 0.272 e. The van der Waals surface area contributed by atoms with Crippen molar-refractivity contribution in [3.8, 4) is 5.88 Å². The summed E-state index contributed by atoms with van der Waals surface area (Å²) in [5.41, 5.74) is 2.03. The number of rotatable bonds is 7. The third-order valence-electron chi connectivity index (χ3n) is 4.52.